The zero-order valence-electron chi connectivity index (χ0n) is 14.8. The van der Waals surface area contributed by atoms with Crippen molar-refractivity contribution in [3.63, 3.8) is 0 Å². The summed E-state index contributed by atoms with van der Waals surface area (Å²) in [6.07, 6.45) is 6.53. The summed E-state index contributed by atoms with van der Waals surface area (Å²) in [6, 6.07) is 15.5. The van der Waals surface area contributed by atoms with E-state index in [1.54, 1.807) is 19.4 Å². The van der Waals surface area contributed by atoms with Crippen molar-refractivity contribution in [1.82, 2.24) is 4.90 Å². The molecular weight excluding hydrogens is 314 g/mol. The highest BCUT2D eigenvalue weighted by molar-refractivity contribution is 6.01. The highest BCUT2D eigenvalue weighted by Crippen LogP contribution is 2.29. The molecule has 0 aliphatic heterocycles. The summed E-state index contributed by atoms with van der Waals surface area (Å²) >= 11 is 0. The van der Waals surface area contributed by atoms with Gasteiger partial charge in [-0.2, -0.15) is 0 Å². The van der Waals surface area contributed by atoms with Crippen LogP contribution in [0.5, 0.6) is 11.5 Å². The van der Waals surface area contributed by atoms with Crippen LogP contribution in [0.1, 0.15) is 11.1 Å². The summed E-state index contributed by atoms with van der Waals surface area (Å²) in [5, 5.41) is 0. The van der Waals surface area contributed by atoms with Crippen molar-refractivity contribution in [2.45, 2.75) is 6.61 Å². The Morgan fingerprint density at radius 2 is 1.80 bits per heavy atom. The lowest BCUT2D eigenvalue weighted by molar-refractivity contribution is -0.110. The van der Waals surface area contributed by atoms with E-state index in [0.717, 1.165) is 11.1 Å². The average molecular weight is 337 g/mol. The first-order chi connectivity index (χ1) is 12.1. The third-order valence-corrected chi connectivity index (χ3v) is 3.40. The number of benzene rings is 2. The molecule has 0 saturated carbocycles. The van der Waals surface area contributed by atoms with Gasteiger partial charge in [0.05, 0.1) is 7.11 Å². The van der Waals surface area contributed by atoms with E-state index in [2.05, 4.69) is 0 Å². The lowest BCUT2D eigenvalue weighted by atomic mass is 10.1. The molecule has 0 fully saturated rings. The monoisotopic (exact) mass is 337 g/mol. The van der Waals surface area contributed by atoms with E-state index >= 15 is 0 Å². The lowest BCUT2D eigenvalue weighted by Gasteiger charge is -2.11. The molecule has 0 aliphatic carbocycles. The maximum absolute atomic E-state index is 11.8. The van der Waals surface area contributed by atoms with Crippen molar-refractivity contribution in [1.29, 1.82) is 0 Å². The van der Waals surface area contributed by atoms with Crippen molar-refractivity contribution in [2.75, 3.05) is 21.2 Å². The maximum Gasteiger partial charge on any atom is 0.180 e. The van der Waals surface area contributed by atoms with Gasteiger partial charge in [0.2, 0.25) is 0 Å². The highest BCUT2D eigenvalue weighted by Gasteiger charge is 2.05. The van der Waals surface area contributed by atoms with Gasteiger partial charge in [-0.1, -0.05) is 42.5 Å². The molecule has 2 rings (SSSR count). The van der Waals surface area contributed by atoms with Gasteiger partial charge in [0.15, 0.2) is 17.3 Å². The number of ketones is 1. The van der Waals surface area contributed by atoms with Crippen molar-refractivity contribution < 1.29 is 14.3 Å². The van der Waals surface area contributed by atoms with E-state index in [4.69, 9.17) is 9.47 Å². The molecule has 2 aromatic carbocycles. The fourth-order valence-electron chi connectivity index (χ4n) is 2.10. The van der Waals surface area contributed by atoms with Gasteiger partial charge in [0.1, 0.15) is 6.61 Å². The van der Waals surface area contributed by atoms with Crippen LogP contribution in [0.2, 0.25) is 0 Å². The molecule has 130 valence electrons. The Balaban J connectivity index is 2.09. The minimum Gasteiger partial charge on any atom is -0.493 e. The first-order valence-corrected chi connectivity index (χ1v) is 8.00. The first-order valence-electron chi connectivity index (χ1n) is 8.00. The van der Waals surface area contributed by atoms with Gasteiger partial charge in [0.25, 0.3) is 0 Å². The van der Waals surface area contributed by atoms with E-state index in [9.17, 15) is 4.79 Å². The molecule has 0 unspecified atom stereocenters. The standard InChI is InChI=1S/C21H23NO3/c1-22(2)14-13-19(23)11-9-17-10-12-20(24-3)21(15-17)25-16-18-7-5-4-6-8-18/h4-15H,16H2,1-3H3/b11-9+,14-13+. The Morgan fingerprint density at radius 1 is 1.04 bits per heavy atom. The fraction of sp³-hybridized carbons (Fsp3) is 0.190. The predicted octanol–water partition coefficient (Wildman–Crippen LogP) is 3.93. The third kappa shape index (κ3) is 6.18. The highest BCUT2D eigenvalue weighted by atomic mass is 16.5. The topological polar surface area (TPSA) is 38.8 Å². The average Bonchev–Trinajstić information content (AvgIpc) is 2.63. The zero-order valence-corrected chi connectivity index (χ0v) is 14.8. The Morgan fingerprint density at radius 3 is 2.48 bits per heavy atom. The van der Waals surface area contributed by atoms with Crippen LogP contribution in [0.25, 0.3) is 6.08 Å². The van der Waals surface area contributed by atoms with Gasteiger partial charge in [0, 0.05) is 26.4 Å². The number of methoxy groups -OCH3 is 1. The number of carbonyl (C=O) groups is 1. The lowest BCUT2D eigenvalue weighted by Crippen LogP contribution is -2.01. The number of allylic oxidation sites excluding steroid dienone is 2. The number of hydrogen-bond acceptors (Lipinski definition) is 4. The number of hydrogen-bond donors (Lipinski definition) is 0. The van der Waals surface area contributed by atoms with E-state index in [1.807, 2.05) is 67.5 Å². The minimum absolute atomic E-state index is 0.0729. The van der Waals surface area contributed by atoms with Crippen LogP contribution in [0.3, 0.4) is 0 Å². The molecule has 25 heavy (non-hydrogen) atoms. The molecule has 0 saturated heterocycles. The third-order valence-electron chi connectivity index (χ3n) is 3.40. The normalized spacial score (nSPS) is 11.0. The fourth-order valence-corrected chi connectivity index (χ4v) is 2.10. The van der Waals surface area contributed by atoms with Gasteiger partial charge in [-0.15, -0.1) is 0 Å². The number of nitrogens with zero attached hydrogens (tertiary/aromatic N) is 1. The smallest absolute Gasteiger partial charge is 0.180 e. The van der Waals surface area contributed by atoms with E-state index in [1.165, 1.54) is 12.2 Å². The molecule has 0 spiro atoms. The second-order valence-corrected chi connectivity index (χ2v) is 5.70. The molecule has 0 N–H and O–H groups in total. The minimum atomic E-state index is -0.0729. The summed E-state index contributed by atoms with van der Waals surface area (Å²) in [5.41, 5.74) is 1.95. The molecule has 0 aromatic heterocycles. The summed E-state index contributed by atoms with van der Waals surface area (Å²) in [4.78, 5) is 13.6. The largest absolute Gasteiger partial charge is 0.493 e. The summed E-state index contributed by atoms with van der Waals surface area (Å²) in [7, 11) is 5.34. The van der Waals surface area contributed by atoms with E-state index in [-0.39, 0.29) is 5.78 Å². The van der Waals surface area contributed by atoms with Crippen LogP contribution >= 0.6 is 0 Å². The van der Waals surface area contributed by atoms with Gasteiger partial charge in [-0.25, -0.2) is 0 Å². The Kier molecular flexibility index (Phi) is 6.84. The second-order valence-electron chi connectivity index (χ2n) is 5.70. The number of ether oxygens (including phenoxy) is 2. The molecule has 4 heteroatoms. The van der Waals surface area contributed by atoms with Crippen LogP contribution < -0.4 is 9.47 Å². The number of rotatable bonds is 8. The van der Waals surface area contributed by atoms with E-state index in [0.29, 0.717) is 18.1 Å². The molecule has 0 radical (unpaired) electrons. The molecule has 0 atom stereocenters. The summed E-state index contributed by atoms with van der Waals surface area (Å²) in [5.74, 6) is 1.23. The molecule has 0 amide bonds. The molecular formula is C21H23NO3. The summed E-state index contributed by atoms with van der Waals surface area (Å²) in [6.45, 7) is 0.453. The maximum atomic E-state index is 11.8. The molecule has 0 bridgehead atoms. The molecule has 0 aliphatic rings. The molecule has 2 aromatic rings. The SMILES string of the molecule is COc1ccc(/C=C/C(=O)/C=C/N(C)C)cc1OCc1ccccc1. The van der Waals surface area contributed by atoms with Gasteiger partial charge >= 0.3 is 0 Å². The summed E-state index contributed by atoms with van der Waals surface area (Å²) < 4.78 is 11.2. The van der Waals surface area contributed by atoms with Crippen LogP contribution in [-0.2, 0) is 11.4 Å². The molecule has 0 heterocycles. The molecule has 4 nitrogen and oxygen atoms in total. The Hall–Kier alpha value is -3.01. The van der Waals surface area contributed by atoms with Crippen molar-refractivity contribution >= 4 is 11.9 Å². The van der Waals surface area contributed by atoms with Crippen LogP contribution in [0.15, 0.2) is 66.9 Å². The van der Waals surface area contributed by atoms with Gasteiger partial charge in [-0.05, 0) is 29.3 Å². The number of carbonyl (C=O) groups excluding carboxylic acids is 1. The van der Waals surface area contributed by atoms with Crippen LogP contribution in [0.4, 0.5) is 0 Å². The zero-order chi connectivity index (χ0) is 18.1. The van der Waals surface area contributed by atoms with Crippen molar-refractivity contribution in [3.8, 4) is 11.5 Å². The quantitative estimate of drug-likeness (QED) is 0.684. The van der Waals surface area contributed by atoms with Gasteiger partial charge in [-0.3, -0.25) is 4.79 Å². The Labute approximate surface area is 149 Å². The first kappa shape index (κ1) is 18.3. The van der Waals surface area contributed by atoms with Crippen molar-refractivity contribution in [3.05, 3.63) is 78.0 Å². The van der Waals surface area contributed by atoms with Crippen LogP contribution in [-0.4, -0.2) is 31.9 Å². The van der Waals surface area contributed by atoms with Crippen molar-refractivity contribution in [2.24, 2.45) is 0 Å². The second kappa shape index (κ2) is 9.33. The van der Waals surface area contributed by atoms with E-state index < -0.39 is 0 Å². The Bertz CT molecular complexity index is 749. The van der Waals surface area contributed by atoms with Crippen LogP contribution in [0, 0.1) is 0 Å². The predicted molar refractivity (Wildman–Crippen MR) is 101 cm³/mol. The van der Waals surface area contributed by atoms with Gasteiger partial charge < -0.3 is 14.4 Å².